The van der Waals surface area contributed by atoms with Gasteiger partial charge in [0, 0.05) is 63.2 Å². The highest BCUT2D eigenvalue weighted by atomic mass is 16.2. The van der Waals surface area contributed by atoms with Crippen molar-refractivity contribution in [3.8, 4) is 11.4 Å². The summed E-state index contributed by atoms with van der Waals surface area (Å²) in [5, 5.41) is 8.66. The molecular formula is C34H36N10O2. The fourth-order valence-corrected chi connectivity index (χ4v) is 7.24. The molecule has 4 aliphatic heterocycles. The number of aryl methyl sites for hydroxylation is 2. The van der Waals surface area contributed by atoms with E-state index in [0.717, 1.165) is 59.5 Å². The number of nitrogens with zero attached hydrogens (tertiary/aromatic N) is 10. The van der Waals surface area contributed by atoms with E-state index in [1.54, 1.807) is 21.9 Å². The molecular weight excluding hydrogens is 580 g/mol. The SMILES string of the molecule is Cn1cc(C2=NCc3ccc(N4CC[C@]5(CCN(CC(=O)N6CC=C(c7ccc(-c8ncn(C)n8)cc7)CC6)C5)C4=O)nc32)cn1. The number of rotatable bonds is 6. The minimum absolute atomic E-state index is 0.114. The molecule has 2 fully saturated rings. The molecule has 4 aliphatic rings. The zero-order valence-corrected chi connectivity index (χ0v) is 26.1. The quantitative estimate of drug-likeness (QED) is 0.327. The van der Waals surface area contributed by atoms with Gasteiger partial charge in [0.2, 0.25) is 11.8 Å². The number of pyridine rings is 1. The number of anilines is 1. The highest BCUT2D eigenvalue weighted by Gasteiger charge is 2.51. The first kappa shape index (κ1) is 28.5. The number of hydrogen-bond donors (Lipinski definition) is 0. The van der Waals surface area contributed by atoms with Gasteiger partial charge in [0.25, 0.3) is 0 Å². The number of amides is 2. The molecule has 0 saturated carbocycles. The number of fused-ring (bicyclic) bond motifs is 1. The lowest BCUT2D eigenvalue weighted by molar-refractivity contribution is -0.132. The van der Waals surface area contributed by atoms with Crippen molar-refractivity contribution in [1.82, 2.24) is 39.3 Å². The summed E-state index contributed by atoms with van der Waals surface area (Å²) in [4.78, 5) is 47.1. The summed E-state index contributed by atoms with van der Waals surface area (Å²) in [7, 11) is 3.74. The van der Waals surface area contributed by atoms with E-state index in [4.69, 9.17) is 9.98 Å². The summed E-state index contributed by atoms with van der Waals surface area (Å²) < 4.78 is 3.45. The largest absolute Gasteiger partial charge is 0.338 e. The summed E-state index contributed by atoms with van der Waals surface area (Å²) >= 11 is 0. The maximum absolute atomic E-state index is 13.9. The Morgan fingerprint density at radius 3 is 2.52 bits per heavy atom. The molecule has 2 saturated heterocycles. The van der Waals surface area contributed by atoms with E-state index in [1.807, 2.05) is 54.4 Å². The molecule has 0 N–H and O–H groups in total. The molecule has 1 atom stereocenters. The number of carbonyl (C=O) groups is 2. The van der Waals surface area contributed by atoms with Crippen molar-refractivity contribution < 1.29 is 9.59 Å². The van der Waals surface area contributed by atoms with Gasteiger partial charge in [0.15, 0.2) is 5.82 Å². The Balaban J connectivity index is 0.882. The Morgan fingerprint density at radius 2 is 1.78 bits per heavy atom. The first-order chi connectivity index (χ1) is 22.3. The van der Waals surface area contributed by atoms with Gasteiger partial charge in [-0.25, -0.2) is 9.97 Å². The molecule has 234 valence electrons. The summed E-state index contributed by atoms with van der Waals surface area (Å²) in [5.74, 6) is 1.62. The van der Waals surface area contributed by atoms with Crippen LogP contribution in [0.25, 0.3) is 17.0 Å². The Kier molecular flexibility index (Phi) is 6.89. The fourth-order valence-electron chi connectivity index (χ4n) is 7.24. The van der Waals surface area contributed by atoms with Gasteiger partial charge in [-0.15, -0.1) is 0 Å². The first-order valence-corrected chi connectivity index (χ1v) is 15.9. The first-order valence-electron chi connectivity index (χ1n) is 15.9. The van der Waals surface area contributed by atoms with Gasteiger partial charge in [0.1, 0.15) is 12.1 Å². The molecule has 1 aromatic carbocycles. The molecule has 2 amide bonds. The normalized spacial score (nSPS) is 21.3. The standard InChI is InChI=1S/C34H36N10O2/c1-40-19-27(18-37-40)30-31-26(17-35-30)7-8-28(38-31)44-16-12-34(33(44)46)11-15-42(21-34)20-29(45)43-13-9-24(10-14-43)23-3-5-25(6-4-23)32-36-22-41(2)39-32/h3-9,18-19,22H,10-17,20-21H2,1-2H3/t34-/m0/s1. The Hall–Kier alpha value is -4.97. The third kappa shape index (κ3) is 5.02. The molecule has 7 heterocycles. The van der Waals surface area contributed by atoms with Crippen LogP contribution >= 0.6 is 0 Å². The summed E-state index contributed by atoms with van der Waals surface area (Å²) in [5.41, 5.74) is 6.58. The van der Waals surface area contributed by atoms with Gasteiger partial charge in [-0.2, -0.15) is 10.2 Å². The molecule has 8 rings (SSSR count). The van der Waals surface area contributed by atoms with E-state index in [-0.39, 0.29) is 11.8 Å². The van der Waals surface area contributed by atoms with Crippen molar-refractivity contribution in [1.29, 1.82) is 0 Å². The van der Waals surface area contributed by atoms with Crippen molar-refractivity contribution in [2.45, 2.75) is 25.8 Å². The summed E-state index contributed by atoms with van der Waals surface area (Å²) in [6.07, 6.45) is 9.93. The number of benzene rings is 1. The average Bonchev–Trinajstić information content (AvgIpc) is 3.91. The maximum Gasteiger partial charge on any atom is 0.237 e. The van der Waals surface area contributed by atoms with E-state index < -0.39 is 5.41 Å². The minimum Gasteiger partial charge on any atom is -0.338 e. The van der Waals surface area contributed by atoms with Gasteiger partial charge >= 0.3 is 0 Å². The lowest BCUT2D eigenvalue weighted by Crippen LogP contribution is -2.43. The molecule has 4 aromatic rings. The monoisotopic (exact) mass is 616 g/mol. The van der Waals surface area contributed by atoms with Gasteiger partial charge in [0.05, 0.1) is 36.1 Å². The van der Waals surface area contributed by atoms with Crippen molar-refractivity contribution in [3.63, 3.8) is 0 Å². The van der Waals surface area contributed by atoms with Gasteiger partial charge in [-0.3, -0.25) is 33.7 Å². The number of aromatic nitrogens is 6. The lowest BCUT2D eigenvalue weighted by atomic mass is 9.85. The third-order valence-corrected chi connectivity index (χ3v) is 9.83. The van der Waals surface area contributed by atoms with Gasteiger partial charge in [-0.1, -0.05) is 36.4 Å². The highest BCUT2D eigenvalue weighted by Crippen LogP contribution is 2.42. The molecule has 0 bridgehead atoms. The molecule has 0 aliphatic carbocycles. The number of carbonyl (C=O) groups excluding carboxylic acids is 2. The molecule has 46 heavy (non-hydrogen) atoms. The second-order valence-corrected chi connectivity index (χ2v) is 12.8. The van der Waals surface area contributed by atoms with Crippen LogP contribution in [-0.2, 0) is 30.2 Å². The maximum atomic E-state index is 13.9. The Bertz CT molecular complexity index is 1900. The van der Waals surface area contributed by atoms with Crippen LogP contribution in [-0.4, -0.2) is 96.1 Å². The zero-order valence-electron chi connectivity index (χ0n) is 26.1. The van der Waals surface area contributed by atoms with Crippen molar-refractivity contribution in [2.24, 2.45) is 24.5 Å². The van der Waals surface area contributed by atoms with E-state index >= 15 is 0 Å². The van der Waals surface area contributed by atoms with Gasteiger partial charge < -0.3 is 4.90 Å². The Morgan fingerprint density at radius 1 is 0.957 bits per heavy atom. The van der Waals surface area contributed by atoms with E-state index in [2.05, 4.69) is 38.3 Å². The van der Waals surface area contributed by atoms with Crippen LogP contribution in [0.3, 0.4) is 0 Å². The van der Waals surface area contributed by atoms with Crippen molar-refractivity contribution in [2.75, 3.05) is 44.2 Å². The average molecular weight is 617 g/mol. The second kappa shape index (κ2) is 11.1. The van der Waals surface area contributed by atoms with E-state index in [0.29, 0.717) is 50.9 Å². The summed E-state index contributed by atoms with van der Waals surface area (Å²) in [6.45, 7) is 4.18. The van der Waals surface area contributed by atoms with Crippen molar-refractivity contribution in [3.05, 3.63) is 83.6 Å². The van der Waals surface area contributed by atoms with Crippen LogP contribution in [0.5, 0.6) is 0 Å². The van der Waals surface area contributed by atoms with E-state index in [1.165, 1.54) is 5.57 Å². The molecule has 12 nitrogen and oxygen atoms in total. The van der Waals surface area contributed by atoms with Crippen LogP contribution in [0, 0.1) is 5.41 Å². The third-order valence-electron chi connectivity index (χ3n) is 9.83. The zero-order chi connectivity index (χ0) is 31.4. The predicted molar refractivity (Wildman–Crippen MR) is 173 cm³/mol. The topological polar surface area (TPSA) is 118 Å². The number of hydrogen-bond acceptors (Lipinski definition) is 8. The predicted octanol–water partition coefficient (Wildman–Crippen LogP) is 2.71. The number of aliphatic imine (C=N–C) groups is 1. The van der Waals surface area contributed by atoms with Crippen LogP contribution in [0.2, 0.25) is 0 Å². The van der Waals surface area contributed by atoms with Crippen LogP contribution in [0.1, 0.15) is 41.6 Å². The smallest absolute Gasteiger partial charge is 0.237 e. The van der Waals surface area contributed by atoms with Crippen LogP contribution in [0.4, 0.5) is 5.82 Å². The molecule has 12 heteroatoms. The fraction of sp³-hybridized carbons (Fsp3) is 0.382. The van der Waals surface area contributed by atoms with Crippen molar-refractivity contribution >= 4 is 28.9 Å². The van der Waals surface area contributed by atoms with Crippen LogP contribution < -0.4 is 4.90 Å². The van der Waals surface area contributed by atoms with Crippen LogP contribution in [0.15, 0.2) is 66.2 Å². The number of likely N-dealkylation sites (tertiary alicyclic amines) is 1. The summed E-state index contributed by atoms with van der Waals surface area (Å²) in [6, 6.07) is 12.3. The minimum atomic E-state index is -0.465. The lowest BCUT2D eigenvalue weighted by Gasteiger charge is -2.29. The molecule has 3 aromatic heterocycles. The molecule has 0 radical (unpaired) electrons. The Labute approximate surface area is 267 Å². The molecule has 0 unspecified atom stereocenters. The molecule has 1 spiro atoms. The highest BCUT2D eigenvalue weighted by molar-refractivity contribution is 6.14. The van der Waals surface area contributed by atoms with Gasteiger partial charge in [-0.05, 0) is 43.0 Å². The second-order valence-electron chi connectivity index (χ2n) is 12.8. The van der Waals surface area contributed by atoms with E-state index in [9.17, 15) is 9.59 Å².